The Hall–Kier alpha value is -1.73. The van der Waals surface area contributed by atoms with Crippen molar-refractivity contribution in [1.82, 2.24) is 0 Å². The predicted molar refractivity (Wildman–Crippen MR) is 64.0 cm³/mol. The number of ketones is 1. The minimum atomic E-state index is 0.292. The quantitative estimate of drug-likeness (QED) is 0.638. The molecule has 0 aliphatic rings. The fourth-order valence-electron chi connectivity index (χ4n) is 0.802. The lowest BCUT2D eigenvalue weighted by Gasteiger charge is -1.89. The number of Topliss-reactive ketones (excluding diaryl/α,β-unsaturated/α-hetero) is 1. The van der Waals surface area contributed by atoms with Crippen molar-refractivity contribution < 1.29 is 4.79 Å². The Labute approximate surface area is 92.3 Å². The van der Waals surface area contributed by atoms with Crippen LogP contribution in [0.15, 0.2) is 24.3 Å². The van der Waals surface area contributed by atoms with E-state index in [9.17, 15) is 4.79 Å². The summed E-state index contributed by atoms with van der Waals surface area (Å²) in [6.07, 6.45) is 9.25. The summed E-state index contributed by atoms with van der Waals surface area (Å²) in [6.45, 7) is 3.79. The Bertz CT molecular complexity index is 350. The molecule has 0 heterocycles. The highest BCUT2D eigenvalue weighted by Crippen LogP contribution is 1.94. The van der Waals surface area contributed by atoms with Gasteiger partial charge in [-0.2, -0.15) is 0 Å². The Morgan fingerprint density at radius 3 is 2.47 bits per heavy atom. The van der Waals surface area contributed by atoms with Gasteiger partial charge < -0.3 is 0 Å². The molecule has 0 aliphatic carbocycles. The molecular formula is C14H16O. The zero-order chi connectivity index (χ0) is 11.4. The minimum Gasteiger partial charge on any atom is -0.300 e. The van der Waals surface area contributed by atoms with Crippen LogP contribution in [-0.4, -0.2) is 5.78 Å². The van der Waals surface area contributed by atoms with Gasteiger partial charge in [-0.1, -0.05) is 30.9 Å². The fraction of sp³-hybridized carbons (Fsp3) is 0.357. The van der Waals surface area contributed by atoms with Crippen LogP contribution in [0.5, 0.6) is 0 Å². The van der Waals surface area contributed by atoms with Gasteiger partial charge in [-0.3, -0.25) is 4.79 Å². The van der Waals surface area contributed by atoms with Crippen molar-refractivity contribution in [2.24, 2.45) is 0 Å². The lowest BCUT2D eigenvalue weighted by molar-refractivity contribution is -0.118. The smallest absolute Gasteiger partial charge is 0.132 e. The second kappa shape index (κ2) is 10.4. The second-order valence-corrected chi connectivity index (χ2v) is 2.87. The van der Waals surface area contributed by atoms with Gasteiger partial charge in [0.05, 0.1) is 0 Å². The number of allylic oxidation sites excluding steroid dienone is 4. The van der Waals surface area contributed by atoms with Crippen molar-refractivity contribution in [2.75, 3.05) is 0 Å². The maximum Gasteiger partial charge on any atom is 0.132 e. The lowest BCUT2D eigenvalue weighted by Crippen LogP contribution is -1.92. The summed E-state index contributed by atoms with van der Waals surface area (Å²) in [5, 5.41) is 0. The van der Waals surface area contributed by atoms with Crippen LogP contribution in [0.1, 0.15) is 33.1 Å². The maximum atomic E-state index is 10.9. The van der Waals surface area contributed by atoms with Crippen molar-refractivity contribution >= 4 is 5.78 Å². The summed E-state index contributed by atoms with van der Waals surface area (Å²) in [5.41, 5.74) is 0. The molecule has 1 heteroatoms. The molecule has 1 nitrogen and oxygen atoms in total. The number of carbonyl (C=O) groups is 1. The van der Waals surface area contributed by atoms with E-state index < -0.39 is 0 Å². The third-order valence-corrected chi connectivity index (χ3v) is 1.64. The molecule has 0 spiro atoms. The van der Waals surface area contributed by atoms with Crippen LogP contribution in [0.4, 0.5) is 0 Å². The SMILES string of the molecule is CC=CC#CC#CC=CCCC(=O)CC. The van der Waals surface area contributed by atoms with Crippen molar-refractivity contribution in [3.63, 3.8) is 0 Å². The first-order valence-electron chi connectivity index (χ1n) is 5.10. The van der Waals surface area contributed by atoms with Gasteiger partial charge in [-0.15, -0.1) is 0 Å². The van der Waals surface area contributed by atoms with Crippen LogP contribution >= 0.6 is 0 Å². The third-order valence-electron chi connectivity index (χ3n) is 1.64. The maximum absolute atomic E-state index is 10.9. The molecule has 0 rings (SSSR count). The summed E-state index contributed by atoms with van der Waals surface area (Å²) in [6, 6.07) is 0. The monoisotopic (exact) mass is 200 g/mol. The topological polar surface area (TPSA) is 17.1 Å². The van der Waals surface area contributed by atoms with Crippen molar-refractivity contribution in [3.8, 4) is 23.7 Å². The van der Waals surface area contributed by atoms with Gasteiger partial charge in [0, 0.05) is 12.8 Å². The largest absolute Gasteiger partial charge is 0.300 e. The Kier molecular flexibility index (Phi) is 9.16. The van der Waals surface area contributed by atoms with Gasteiger partial charge in [-0.05, 0) is 37.3 Å². The first-order valence-corrected chi connectivity index (χ1v) is 5.10. The molecule has 0 aromatic carbocycles. The highest BCUT2D eigenvalue weighted by molar-refractivity contribution is 5.78. The molecule has 0 fully saturated rings. The summed E-state index contributed by atoms with van der Waals surface area (Å²) in [7, 11) is 0. The van der Waals surface area contributed by atoms with E-state index in [0.717, 1.165) is 6.42 Å². The van der Waals surface area contributed by atoms with Crippen LogP contribution in [0, 0.1) is 23.7 Å². The van der Waals surface area contributed by atoms with Crippen LogP contribution in [0.3, 0.4) is 0 Å². The van der Waals surface area contributed by atoms with Gasteiger partial charge in [0.1, 0.15) is 5.78 Å². The first-order chi connectivity index (χ1) is 7.31. The first kappa shape index (κ1) is 13.3. The number of carbonyl (C=O) groups excluding carboxylic acids is 1. The molecule has 0 bridgehead atoms. The van der Waals surface area contributed by atoms with E-state index in [-0.39, 0.29) is 0 Å². The normalized spacial score (nSPS) is 9.47. The summed E-state index contributed by atoms with van der Waals surface area (Å²) in [5.74, 6) is 11.2. The van der Waals surface area contributed by atoms with Crippen LogP contribution < -0.4 is 0 Å². The lowest BCUT2D eigenvalue weighted by atomic mass is 10.2. The predicted octanol–water partition coefficient (Wildman–Crippen LogP) is 2.88. The zero-order valence-corrected chi connectivity index (χ0v) is 9.34. The summed E-state index contributed by atoms with van der Waals surface area (Å²) < 4.78 is 0. The van der Waals surface area contributed by atoms with Gasteiger partial charge in [-0.25, -0.2) is 0 Å². The summed E-state index contributed by atoms with van der Waals surface area (Å²) in [4.78, 5) is 10.9. The molecule has 15 heavy (non-hydrogen) atoms. The second-order valence-electron chi connectivity index (χ2n) is 2.87. The van der Waals surface area contributed by atoms with Crippen LogP contribution in [0.25, 0.3) is 0 Å². The third kappa shape index (κ3) is 10.2. The van der Waals surface area contributed by atoms with E-state index in [1.807, 2.05) is 26.0 Å². The average molecular weight is 200 g/mol. The molecule has 0 N–H and O–H groups in total. The van der Waals surface area contributed by atoms with Gasteiger partial charge in [0.2, 0.25) is 0 Å². The molecule has 0 aliphatic heterocycles. The standard InChI is InChI=1S/C14H16O/c1-3-5-6-7-8-9-10-11-12-13-14(15)4-2/h3,5,10-11H,4,12-13H2,1-2H3. The molecule has 0 atom stereocenters. The molecule has 0 amide bonds. The van der Waals surface area contributed by atoms with E-state index in [4.69, 9.17) is 0 Å². The van der Waals surface area contributed by atoms with Gasteiger partial charge in [0.15, 0.2) is 0 Å². The fourth-order valence-corrected chi connectivity index (χ4v) is 0.802. The minimum absolute atomic E-state index is 0.292. The number of hydrogen-bond donors (Lipinski definition) is 0. The molecule has 0 aromatic heterocycles. The van der Waals surface area contributed by atoms with Crippen LogP contribution in [0.2, 0.25) is 0 Å². The Morgan fingerprint density at radius 1 is 1.20 bits per heavy atom. The van der Waals surface area contributed by atoms with E-state index in [1.165, 1.54) is 0 Å². The van der Waals surface area contributed by atoms with Gasteiger partial charge >= 0.3 is 0 Å². The Morgan fingerprint density at radius 2 is 1.87 bits per heavy atom. The molecule has 0 saturated carbocycles. The van der Waals surface area contributed by atoms with E-state index in [1.54, 1.807) is 12.2 Å². The molecular weight excluding hydrogens is 184 g/mol. The molecule has 0 unspecified atom stereocenters. The van der Waals surface area contributed by atoms with Crippen LogP contribution in [-0.2, 0) is 4.79 Å². The highest BCUT2D eigenvalue weighted by atomic mass is 16.1. The van der Waals surface area contributed by atoms with E-state index in [0.29, 0.717) is 18.6 Å². The molecule has 0 aromatic rings. The van der Waals surface area contributed by atoms with Crippen molar-refractivity contribution in [2.45, 2.75) is 33.1 Å². The number of rotatable bonds is 4. The molecule has 0 saturated heterocycles. The van der Waals surface area contributed by atoms with Crippen molar-refractivity contribution in [1.29, 1.82) is 0 Å². The summed E-state index contributed by atoms with van der Waals surface area (Å²) >= 11 is 0. The molecule has 78 valence electrons. The molecule has 0 radical (unpaired) electrons. The van der Waals surface area contributed by atoms with E-state index in [2.05, 4.69) is 23.7 Å². The van der Waals surface area contributed by atoms with Crippen molar-refractivity contribution in [3.05, 3.63) is 24.3 Å². The highest BCUT2D eigenvalue weighted by Gasteiger charge is 1.93. The average Bonchev–Trinajstić information content (AvgIpc) is 2.26. The Balaban J connectivity index is 3.72. The van der Waals surface area contributed by atoms with Gasteiger partial charge in [0.25, 0.3) is 0 Å². The zero-order valence-electron chi connectivity index (χ0n) is 9.34. The number of hydrogen-bond acceptors (Lipinski definition) is 1. The van der Waals surface area contributed by atoms with E-state index >= 15 is 0 Å².